The first-order valence-electron chi connectivity index (χ1n) is 9.30. The number of aromatic nitrogens is 2. The summed E-state index contributed by atoms with van der Waals surface area (Å²) in [6.45, 7) is 2.24. The highest BCUT2D eigenvalue weighted by Crippen LogP contribution is 2.28. The number of pyridine rings is 1. The first-order valence-corrected chi connectivity index (χ1v) is 10.5. The van der Waals surface area contributed by atoms with Crippen LogP contribution in [-0.4, -0.2) is 33.0 Å². The lowest BCUT2D eigenvalue weighted by molar-refractivity contribution is -0.112. The van der Waals surface area contributed by atoms with E-state index in [0.717, 1.165) is 22.6 Å². The van der Waals surface area contributed by atoms with Gasteiger partial charge in [-0.1, -0.05) is 29.8 Å². The summed E-state index contributed by atoms with van der Waals surface area (Å²) in [5, 5.41) is 2.75. The molecule has 1 aliphatic rings. The molecule has 0 radical (unpaired) electrons. The standard InChI is InChI=1S/C21H18ClN3O4S/c1-12-16(24-19(29-12)14-4-2-3-5-15(14)22)8-9-28-18-7-6-13(11-23-18)10-17-20(26)30-21(27)25-17/h2-7,11,17H,8-10H2,1H3,(H,25,27). The molecule has 154 valence electrons. The van der Waals surface area contributed by atoms with Crippen molar-refractivity contribution < 1.29 is 18.7 Å². The van der Waals surface area contributed by atoms with Crippen molar-refractivity contribution in [3.8, 4) is 17.3 Å². The molecule has 1 aromatic carbocycles. The minimum Gasteiger partial charge on any atom is -0.477 e. The number of halogens is 1. The van der Waals surface area contributed by atoms with Gasteiger partial charge in [-0.15, -0.1) is 0 Å². The van der Waals surface area contributed by atoms with Crippen LogP contribution in [0.5, 0.6) is 5.88 Å². The quantitative estimate of drug-likeness (QED) is 0.584. The topological polar surface area (TPSA) is 94.3 Å². The van der Waals surface area contributed by atoms with Crippen molar-refractivity contribution in [2.75, 3.05) is 6.61 Å². The van der Waals surface area contributed by atoms with E-state index in [1.54, 1.807) is 18.3 Å². The molecule has 0 aliphatic carbocycles. The first-order chi connectivity index (χ1) is 14.5. The van der Waals surface area contributed by atoms with Crippen molar-refractivity contribution in [1.29, 1.82) is 0 Å². The molecule has 1 unspecified atom stereocenters. The Morgan fingerprint density at radius 2 is 2.07 bits per heavy atom. The zero-order chi connectivity index (χ0) is 21.1. The Morgan fingerprint density at radius 3 is 2.77 bits per heavy atom. The summed E-state index contributed by atoms with van der Waals surface area (Å²) in [5.74, 6) is 1.68. The SMILES string of the molecule is Cc1oc(-c2ccccc2Cl)nc1CCOc1ccc(CC2NC(=O)SC2=O)cn1. The van der Waals surface area contributed by atoms with Gasteiger partial charge in [0.2, 0.25) is 16.9 Å². The van der Waals surface area contributed by atoms with Gasteiger partial charge in [-0.2, -0.15) is 0 Å². The molecular formula is C21H18ClN3O4S. The summed E-state index contributed by atoms with van der Waals surface area (Å²) in [5.41, 5.74) is 2.40. The number of nitrogens with one attached hydrogen (secondary N) is 1. The molecule has 3 aromatic rings. The Labute approximate surface area is 182 Å². The van der Waals surface area contributed by atoms with Crippen molar-refractivity contribution in [2.45, 2.75) is 25.8 Å². The van der Waals surface area contributed by atoms with Crippen molar-refractivity contribution in [1.82, 2.24) is 15.3 Å². The second-order valence-electron chi connectivity index (χ2n) is 6.71. The molecule has 0 bridgehead atoms. The lowest BCUT2D eigenvalue weighted by Crippen LogP contribution is -2.30. The number of hydrogen-bond acceptors (Lipinski definition) is 7. The number of aryl methyl sites for hydroxylation is 1. The highest BCUT2D eigenvalue weighted by atomic mass is 35.5. The Kier molecular flexibility index (Phi) is 6.06. The predicted molar refractivity (Wildman–Crippen MR) is 114 cm³/mol. The molecule has 30 heavy (non-hydrogen) atoms. The van der Waals surface area contributed by atoms with Crippen molar-refractivity contribution >= 4 is 33.7 Å². The van der Waals surface area contributed by atoms with Crippen molar-refractivity contribution in [2.24, 2.45) is 0 Å². The molecule has 1 amide bonds. The molecule has 1 atom stereocenters. The summed E-state index contributed by atoms with van der Waals surface area (Å²) in [7, 11) is 0. The zero-order valence-corrected chi connectivity index (χ0v) is 17.6. The molecule has 1 N–H and O–H groups in total. The number of carbonyl (C=O) groups excluding carboxylic acids is 2. The summed E-state index contributed by atoms with van der Waals surface area (Å²) in [6, 6.07) is 10.5. The first kappa shape index (κ1) is 20.4. The van der Waals surface area contributed by atoms with E-state index in [2.05, 4.69) is 15.3 Å². The average Bonchev–Trinajstić information content (AvgIpc) is 3.24. The van der Waals surface area contributed by atoms with Gasteiger partial charge in [0, 0.05) is 36.9 Å². The lowest BCUT2D eigenvalue weighted by atomic mass is 10.1. The molecular weight excluding hydrogens is 426 g/mol. The minimum absolute atomic E-state index is 0.167. The largest absolute Gasteiger partial charge is 0.477 e. The normalized spacial score (nSPS) is 16.0. The molecule has 1 fully saturated rings. The Hall–Kier alpha value is -2.84. The summed E-state index contributed by atoms with van der Waals surface area (Å²) >= 11 is 6.92. The molecule has 9 heteroatoms. The van der Waals surface area contributed by atoms with Crippen molar-refractivity contribution in [3.63, 3.8) is 0 Å². The van der Waals surface area contributed by atoms with Gasteiger partial charge < -0.3 is 14.5 Å². The number of hydrogen-bond donors (Lipinski definition) is 1. The zero-order valence-electron chi connectivity index (χ0n) is 16.1. The third-order valence-electron chi connectivity index (χ3n) is 4.59. The highest BCUT2D eigenvalue weighted by Gasteiger charge is 2.31. The number of rotatable bonds is 7. The Balaban J connectivity index is 1.32. The number of ether oxygens (including phenoxy) is 1. The second-order valence-corrected chi connectivity index (χ2v) is 8.10. The average molecular weight is 444 g/mol. The summed E-state index contributed by atoms with van der Waals surface area (Å²) < 4.78 is 11.5. The van der Waals surface area contributed by atoms with Gasteiger partial charge in [-0.05, 0) is 24.6 Å². The highest BCUT2D eigenvalue weighted by molar-refractivity contribution is 8.26. The van der Waals surface area contributed by atoms with Crippen LogP contribution in [0.1, 0.15) is 17.0 Å². The van der Waals surface area contributed by atoms with Gasteiger partial charge in [-0.25, -0.2) is 9.97 Å². The van der Waals surface area contributed by atoms with E-state index in [0.29, 0.717) is 48.0 Å². The molecule has 0 saturated carbocycles. The molecule has 1 saturated heterocycles. The summed E-state index contributed by atoms with van der Waals surface area (Å²) in [4.78, 5) is 31.7. The van der Waals surface area contributed by atoms with Crippen LogP contribution in [-0.2, 0) is 17.6 Å². The van der Waals surface area contributed by atoms with Gasteiger partial charge in [0.15, 0.2) is 0 Å². The van der Waals surface area contributed by atoms with Gasteiger partial charge in [0.25, 0.3) is 5.24 Å². The van der Waals surface area contributed by atoms with Gasteiger partial charge in [0.1, 0.15) is 11.8 Å². The van der Waals surface area contributed by atoms with E-state index in [1.807, 2.05) is 31.2 Å². The molecule has 7 nitrogen and oxygen atoms in total. The van der Waals surface area contributed by atoms with Gasteiger partial charge >= 0.3 is 0 Å². The maximum Gasteiger partial charge on any atom is 0.287 e. The fourth-order valence-corrected chi connectivity index (χ4v) is 3.93. The predicted octanol–water partition coefficient (Wildman–Crippen LogP) is 4.21. The fraction of sp³-hybridized carbons (Fsp3) is 0.238. The van der Waals surface area contributed by atoms with E-state index >= 15 is 0 Å². The fourth-order valence-electron chi connectivity index (χ4n) is 3.04. The number of benzene rings is 1. The minimum atomic E-state index is -0.501. The molecule has 3 heterocycles. The number of carbonyl (C=O) groups is 2. The molecule has 1 aliphatic heterocycles. The third-order valence-corrected chi connectivity index (χ3v) is 5.71. The number of oxazole rings is 1. The molecule has 0 spiro atoms. The van der Waals surface area contributed by atoms with E-state index in [9.17, 15) is 9.59 Å². The van der Waals surface area contributed by atoms with Crippen LogP contribution in [0.25, 0.3) is 11.5 Å². The smallest absolute Gasteiger partial charge is 0.287 e. The van der Waals surface area contributed by atoms with Crippen LogP contribution < -0.4 is 10.1 Å². The van der Waals surface area contributed by atoms with Crippen molar-refractivity contribution in [3.05, 3.63) is 64.6 Å². The maximum absolute atomic E-state index is 11.7. The lowest BCUT2D eigenvalue weighted by Gasteiger charge is -2.08. The monoisotopic (exact) mass is 443 g/mol. The van der Waals surface area contributed by atoms with Crippen LogP contribution in [0.2, 0.25) is 5.02 Å². The van der Waals surface area contributed by atoms with Crippen LogP contribution in [0, 0.1) is 6.92 Å². The summed E-state index contributed by atoms with van der Waals surface area (Å²) in [6.07, 6.45) is 2.62. The number of thioether (sulfide) groups is 1. The van der Waals surface area contributed by atoms with Gasteiger partial charge in [-0.3, -0.25) is 9.59 Å². The van der Waals surface area contributed by atoms with Crippen LogP contribution >= 0.6 is 23.4 Å². The second kappa shape index (κ2) is 8.89. The van der Waals surface area contributed by atoms with E-state index in [4.69, 9.17) is 20.8 Å². The molecule has 2 aromatic heterocycles. The van der Waals surface area contributed by atoms with Gasteiger partial charge in [0.05, 0.1) is 22.9 Å². The van der Waals surface area contributed by atoms with E-state index in [1.165, 1.54) is 0 Å². The third kappa shape index (κ3) is 4.66. The Morgan fingerprint density at radius 1 is 1.23 bits per heavy atom. The van der Waals surface area contributed by atoms with Crippen LogP contribution in [0.15, 0.2) is 47.0 Å². The molecule has 4 rings (SSSR count). The van der Waals surface area contributed by atoms with E-state index in [-0.39, 0.29) is 10.4 Å². The van der Waals surface area contributed by atoms with Crippen LogP contribution in [0.3, 0.4) is 0 Å². The maximum atomic E-state index is 11.7. The van der Waals surface area contributed by atoms with E-state index < -0.39 is 6.04 Å². The number of amides is 1. The van der Waals surface area contributed by atoms with Crippen LogP contribution in [0.4, 0.5) is 4.79 Å². The number of nitrogens with zero attached hydrogens (tertiary/aromatic N) is 2. The Bertz CT molecular complexity index is 1080.